The molecule has 0 atom stereocenters. The summed E-state index contributed by atoms with van der Waals surface area (Å²) in [6.07, 6.45) is 1.90. The Bertz CT molecular complexity index is 514. The number of carbonyl (C=O) groups is 1. The van der Waals surface area contributed by atoms with E-state index in [1.807, 2.05) is 6.92 Å². The summed E-state index contributed by atoms with van der Waals surface area (Å²) in [7, 11) is -3.31. The highest BCUT2D eigenvalue weighted by atomic mass is 32.2. The van der Waals surface area contributed by atoms with Gasteiger partial charge in [0.15, 0.2) is 9.84 Å². The lowest BCUT2D eigenvalue weighted by atomic mass is 10.3. The molecule has 1 aromatic carbocycles. The van der Waals surface area contributed by atoms with Crippen LogP contribution in [0.15, 0.2) is 35.2 Å². The lowest BCUT2D eigenvalue weighted by molar-refractivity contribution is -0.119. The van der Waals surface area contributed by atoms with Crippen LogP contribution in [-0.4, -0.2) is 44.6 Å². The van der Waals surface area contributed by atoms with Crippen LogP contribution in [0.25, 0.3) is 0 Å². The topological polar surface area (TPSA) is 80.5 Å². The monoisotopic (exact) mass is 298 g/mol. The van der Waals surface area contributed by atoms with Crippen molar-refractivity contribution in [3.8, 4) is 0 Å². The second-order valence-corrected chi connectivity index (χ2v) is 6.84. The van der Waals surface area contributed by atoms with Crippen molar-refractivity contribution in [1.29, 1.82) is 0 Å². The first-order valence-electron chi connectivity index (χ1n) is 6.74. The Kier molecular flexibility index (Phi) is 6.67. The number of unbranched alkanes of at least 4 members (excludes halogenated alkanes) is 1. The highest BCUT2D eigenvalue weighted by Gasteiger charge is 2.16. The number of nitrogens with two attached hydrogens (primary N) is 1. The van der Waals surface area contributed by atoms with Crippen molar-refractivity contribution >= 4 is 15.7 Å². The van der Waals surface area contributed by atoms with Crippen LogP contribution < -0.4 is 5.73 Å². The van der Waals surface area contributed by atoms with E-state index < -0.39 is 15.7 Å². The van der Waals surface area contributed by atoms with Gasteiger partial charge in [-0.05, 0) is 25.1 Å². The first-order valence-corrected chi connectivity index (χ1v) is 8.39. The summed E-state index contributed by atoms with van der Waals surface area (Å²) in [6, 6.07) is 8.34. The van der Waals surface area contributed by atoms with Crippen LogP contribution in [0.4, 0.5) is 0 Å². The first-order chi connectivity index (χ1) is 9.45. The molecule has 112 valence electrons. The third-order valence-corrected chi connectivity index (χ3v) is 4.70. The van der Waals surface area contributed by atoms with Crippen LogP contribution in [0.3, 0.4) is 0 Å². The van der Waals surface area contributed by atoms with E-state index in [1.54, 1.807) is 35.2 Å². The summed E-state index contributed by atoms with van der Waals surface area (Å²) in [5.41, 5.74) is 5.19. The zero-order valence-electron chi connectivity index (χ0n) is 11.8. The molecule has 0 radical (unpaired) electrons. The highest BCUT2D eigenvalue weighted by molar-refractivity contribution is 7.91. The van der Waals surface area contributed by atoms with Gasteiger partial charge in [-0.1, -0.05) is 31.5 Å². The fraction of sp³-hybridized carbons (Fsp3) is 0.500. The van der Waals surface area contributed by atoms with Crippen LogP contribution >= 0.6 is 0 Å². The second-order valence-electron chi connectivity index (χ2n) is 4.73. The fourth-order valence-electron chi connectivity index (χ4n) is 1.87. The van der Waals surface area contributed by atoms with Gasteiger partial charge in [0.25, 0.3) is 0 Å². The average molecular weight is 298 g/mol. The van der Waals surface area contributed by atoms with Crippen molar-refractivity contribution in [3.05, 3.63) is 30.3 Å². The molecular weight excluding hydrogens is 276 g/mol. The second kappa shape index (κ2) is 8.01. The number of benzene rings is 1. The molecule has 0 aliphatic carbocycles. The number of amides is 1. The molecule has 6 heteroatoms. The van der Waals surface area contributed by atoms with Crippen molar-refractivity contribution < 1.29 is 13.2 Å². The molecule has 0 spiro atoms. The summed E-state index contributed by atoms with van der Waals surface area (Å²) in [4.78, 5) is 13.1. The number of nitrogens with zero attached hydrogens (tertiary/aromatic N) is 1. The lowest BCUT2D eigenvalue weighted by Gasteiger charge is -2.20. The Morgan fingerprint density at radius 3 is 2.40 bits per heavy atom. The van der Waals surface area contributed by atoms with E-state index in [1.165, 1.54) is 0 Å². The minimum Gasteiger partial charge on any atom is -0.369 e. The fourth-order valence-corrected chi connectivity index (χ4v) is 3.17. The highest BCUT2D eigenvalue weighted by Crippen LogP contribution is 2.10. The molecule has 0 unspecified atom stereocenters. The summed E-state index contributed by atoms with van der Waals surface area (Å²) in [6.45, 7) is 3.15. The van der Waals surface area contributed by atoms with E-state index in [-0.39, 0.29) is 12.3 Å². The van der Waals surface area contributed by atoms with Gasteiger partial charge in [0.1, 0.15) is 0 Å². The molecule has 5 nitrogen and oxygen atoms in total. The number of primary amides is 1. The molecule has 1 amide bonds. The molecule has 0 bridgehead atoms. The molecule has 0 saturated carbocycles. The molecule has 0 aliphatic heterocycles. The molecule has 0 saturated heterocycles. The van der Waals surface area contributed by atoms with Gasteiger partial charge in [-0.3, -0.25) is 9.69 Å². The van der Waals surface area contributed by atoms with Gasteiger partial charge in [-0.15, -0.1) is 0 Å². The maximum atomic E-state index is 12.2. The molecule has 1 rings (SSSR count). The Balaban J connectivity index is 2.64. The number of carbonyl (C=O) groups excluding carboxylic acids is 1. The van der Waals surface area contributed by atoms with Crippen LogP contribution in [-0.2, 0) is 14.6 Å². The Morgan fingerprint density at radius 1 is 1.20 bits per heavy atom. The van der Waals surface area contributed by atoms with E-state index in [2.05, 4.69) is 0 Å². The smallest absolute Gasteiger partial charge is 0.231 e. The minimum atomic E-state index is -3.31. The predicted octanol–water partition coefficient (Wildman–Crippen LogP) is 1.05. The van der Waals surface area contributed by atoms with Crippen LogP contribution in [0, 0.1) is 0 Å². The van der Waals surface area contributed by atoms with E-state index in [4.69, 9.17) is 5.73 Å². The zero-order valence-corrected chi connectivity index (χ0v) is 12.6. The molecule has 0 heterocycles. The maximum absolute atomic E-state index is 12.2. The van der Waals surface area contributed by atoms with E-state index >= 15 is 0 Å². The van der Waals surface area contributed by atoms with Gasteiger partial charge in [-0.25, -0.2) is 8.42 Å². The number of rotatable bonds is 9. The molecule has 0 fully saturated rings. The number of hydrogen-bond acceptors (Lipinski definition) is 4. The third kappa shape index (κ3) is 5.71. The SMILES string of the molecule is CCCCN(CCS(=O)(=O)c1ccccc1)CC(N)=O. The molecule has 1 aromatic rings. The predicted molar refractivity (Wildman–Crippen MR) is 79.0 cm³/mol. The van der Waals surface area contributed by atoms with E-state index in [0.29, 0.717) is 18.0 Å². The Morgan fingerprint density at radius 2 is 1.85 bits per heavy atom. The largest absolute Gasteiger partial charge is 0.369 e. The van der Waals surface area contributed by atoms with Crippen LogP contribution in [0.1, 0.15) is 19.8 Å². The van der Waals surface area contributed by atoms with Crippen LogP contribution in [0.5, 0.6) is 0 Å². The number of hydrogen-bond donors (Lipinski definition) is 1. The summed E-state index contributed by atoms with van der Waals surface area (Å²) < 4.78 is 24.3. The molecule has 2 N–H and O–H groups in total. The van der Waals surface area contributed by atoms with Gasteiger partial charge in [0.05, 0.1) is 17.2 Å². The summed E-state index contributed by atoms with van der Waals surface area (Å²) in [5, 5.41) is 0. The lowest BCUT2D eigenvalue weighted by Crippen LogP contribution is -2.37. The van der Waals surface area contributed by atoms with Crippen molar-refractivity contribution in [2.45, 2.75) is 24.7 Å². The molecule has 20 heavy (non-hydrogen) atoms. The van der Waals surface area contributed by atoms with E-state index in [0.717, 1.165) is 12.8 Å². The minimum absolute atomic E-state index is 0.00594. The van der Waals surface area contributed by atoms with E-state index in [9.17, 15) is 13.2 Å². The normalized spacial score (nSPS) is 11.7. The van der Waals surface area contributed by atoms with Crippen LogP contribution in [0.2, 0.25) is 0 Å². The Hall–Kier alpha value is -1.40. The van der Waals surface area contributed by atoms with Crippen molar-refractivity contribution in [3.63, 3.8) is 0 Å². The van der Waals surface area contributed by atoms with Crippen molar-refractivity contribution in [1.82, 2.24) is 4.90 Å². The van der Waals surface area contributed by atoms with Crippen molar-refractivity contribution in [2.24, 2.45) is 5.73 Å². The van der Waals surface area contributed by atoms with Gasteiger partial charge in [0.2, 0.25) is 5.91 Å². The van der Waals surface area contributed by atoms with Gasteiger partial charge in [-0.2, -0.15) is 0 Å². The molecular formula is C14H22N2O3S. The summed E-state index contributed by atoms with van der Waals surface area (Å²) >= 11 is 0. The third-order valence-electron chi connectivity index (χ3n) is 2.99. The standard InChI is InChI=1S/C14H22N2O3S/c1-2-3-9-16(12-14(15)17)10-11-20(18,19)13-7-5-4-6-8-13/h4-8H,2-3,9-12H2,1H3,(H2,15,17). The zero-order chi connectivity index (χ0) is 15.0. The molecule has 0 aromatic heterocycles. The molecule has 0 aliphatic rings. The quantitative estimate of drug-likeness (QED) is 0.739. The Labute approximate surface area is 120 Å². The van der Waals surface area contributed by atoms with Gasteiger partial charge in [0, 0.05) is 6.54 Å². The number of sulfone groups is 1. The average Bonchev–Trinajstić information content (AvgIpc) is 2.42. The van der Waals surface area contributed by atoms with Crippen molar-refractivity contribution in [2.75, 3.05) is 25.4 Å². The van der Waals surface area contributed by atoms with Gasteiger partial charge < -0.3 is 5.73 Å². The first kappa shape index (κ1) is 16.7. The summed E-state index contributed by atoms with van der Waals surface area (Å²) in [5.74, 6) is -0.438. The maximum Gasteiger partial charge on any atom is 0.231 e. The van der Waals surface area contributed by atoms with Gasteiger partial charge >= 0.3 is 0 Å².